The van der Waals surface area contributed by atoms with Crippen molar-refractivity contribution in [1.29, 1.82) is 0 Å². The lowest BCUT2D eigenvalue weighted by Crippen LogP contribution is -2.16. The third-order valence-electron chi connectivity index (χ3n) is 3.90. The molecule has 0 saturated carbocycles. The van der Waals surface area contributed by atoms with Gasteiger partial charge in [-0.15, -0.1) is 0 Å². The zero-order valence-corrected chi connectivity index (χ0v) is 13.5. The smallest absolute Gasteiger partial charge is 0.298 e. The fourth-order valence-corrected chi connectivity index (χ4v) is 2.71. The van der Waals surface area contributed by atoms with Crippen LogP contribution in [0.2, 0.25) is 0 Å². The Kier molecular flexibility index (Phi) is 3.75. The summed E-state index contributed by atoms with van der Waals surface area (Å²) < 4.78 is 7.74. The summed E-state index contributed by atoms with van der Waals surface area (Å²) in [6.45, 7) is 1.47. The van der Waals surface area contributed by atoms with Crippen molar-refractivity contribution in [3.63, 3.8) is 0 Å². The molecular formula is C19H18N4O. The number of fused-ring (bicyclic) bond motifs is 1. The lowest BCUT2D eigenvalue weighted by Gasteiger charge is -2.12. The summed E-state index contributed by atoms with van der Waals surface area (Å²) in [5, 5.41) is 4.44. The lowest BCUT2D eigenvalue weighted by atomic mass is 10.2. The number of nitrogens with zero attached hydrogens (tertiary/aromatic N) is 4. The van der Waals surface area contributed by atoms with Gasteiger partial charge < -0.3 is 9.32 Å². The molecule has 4 rings (SSSR count). The molecule has 0 aliphatic rings. The van der Waals surface area contributed by atoms with Gasteiger partial charge in [-0.2, -0.15) is 10.1 Å². The molecule has 0 aliphatic heterocycles. The normalized spacial score (nSPS) is 11.0. The second kappa shape index (κ2) is 6.20. The predicted octanol–water partition coefficient (Wildman–Crippen LogP) is 3.71. The van der Waals surface area contributed by atoms with Crippen LogP contribution in [-0.2, 0) is 13.1 Å². The molecule has 5 nitrogen and oxygen atoms in total. The van der Waals surface area contributed by atoms with E-state index in [0.717, 1.165) is 23.2 Å². The van der Waals surface area contributed by atoms with Crippen molar-refractivity contribution in [3.8, 4) is 0 Å². The van der Waals surface area contributed by atoms with Gasteiger partial charge in [0.2, 0.25) is 0 Å². The summed E-state index contributed by atoms with van der Waals surface area (Å²) in [6.07, 6.45) is 3.95. The average Bonchev–Trinajstić information content (AvgIpc) is 3.22. The summed E-state index contributed by atoms with van der Waals surface area (Å²) in [7, 11) is 1.97. The fraction of sp³-hybridized carbons (Fsp3) is 0.158. The predicted molar refractivity (Wildman–Crippen MR) is 93.9 cm³/mol. The Bertz CT molecular complexity index is 909. The Morgan fingerprint density at radius 1 is 1.00 bits per heavy atom. The van der Waals surface area contributed by atoms with Crippen LogP contribution in [0.3, 0.4) is 0 Å². The van der Waals surface area contributed by atoms with Gasteiger partial charge in [0, 0.05) is 18.8 Å². The molecule has 0 atom stereocenters. The molecule has 120 valence electrons. The van der Waals surface area contributed by atoms with E-state index in [1.165, 1.54) is 5.56 Å². The van der Waals surface area contributed by atoms with Crippen LogP contribution < -0.4 is 4.90 Å². The number of anilines is 1. The Hall–Kier alpha value is -3.08. The summed E-state index contributed by atoms with van der Waals surface area (Å²) in [5.74, 6) is 0. The van der Waals surface area contributed by atoms with Crippen molar-refractivity contribution in [3.05, 3.63) is 78.1 Å². The summed E-state index contributed by atoms with van der Waals surface area (Å²) >= 11 is 0. The Morgan fingerprint density at radius 3 is 2.62 bits per heavy atom. The minimum Gasteiger partial charge on any atom is -0.423 e. The van der Waals surface area contributed by atoms with Crippen LogP contribution in [0.5, 0.6) is 0 Å². The lowest BCUT2D eigenvalue weighted by molar-refractivity contribution is 0.582. The van der Waals surface area contributed by atoms with Crippen molar-refractivity contribution >= 4 is 17.1 Å². The van der Waals surface area contributed by atoms with E-state index in [1.807, 2.05) is 65.3 Å². The van der Waals surface area contributed by atoms with Crippen molar-refractivity contribution in [2.24, 2.45) is 0 Å². The van der Waals surface area contributed by atoms with E-state index in [9.17, 15) is 0 Å². The number of rotatable bonds is 5. The molecule has 0 saturated heterocycles. The number of hydrogen-bond donors (Lipinski definition) is 0. The number of oxazole rings is 1. The van der Waals surface area contributed by atoms with Gasteiger partial charge in [0.1, 0.15) is 5.52 Å². The van der Waals surface area contributed by atoms with E-state index in [1.54, 1.807) is 0 Å². The van der Waals surface area contributed by atoms with Crippen LogP contribution in [0, 0.1) is 0 Å². The zero-order valence-electron chi connectivity index (χ0n) is 13.5. The summed E-state index contributed by atoms with van der Waals surface area (Å²) in [6, 6.07) is 18.7. The van der Waals surface area contributed by atoms with Crippen molar-refractivity contribution in [1.82, 2.24) is 14.8 Å². The topological polar surface area (TPSA) is 47.1 Å². The highest BCUT2D eigenvalue weighted by molar-refractivity contribution is 5.74. The molecule has 2 aromatic heterocycles. The number of para-hydroxylation sites is 2. The standard InChI is InChI=1S/C19H18N4O/c1-22(19-21-17-9-5-6-10-18(17)24-19)12-16-11-20-23(14-16)13-15-7-3-2-4-8-15/h2-11,14H,12-13H2,1H3. The van der Waals surface area contributed by atoms with E-state index < -0.39 is 0 Å². The van der Waals surface area contributed by atoms with Crippen LogP contribution in [0.1, 0.15) is 11.1 Å². The van der Waals surface area contributed by atoms with Crippen LogP contribution in [0.15, 0.2) is 71.4 Å². The highest BCUT2D eigenvalue weighted by Gasteiger charge is 2.11. The Morgan fingerprint density at radius 2 is 1.79 bits per heavy atom. The molecule has 0 aliphatic carbocycles. The van der Waals surface area contributed by atoms with Crippen molar-refractivity contribution in [2.45, 2.75) is 13.1 Å². The average molecular weight is 318 g/mol. The van der Waals surface area contributed by atoms with E-state index in [4.69, 9.17) is 4.42 Å². The largest absolute Gasteiger partial charge is 0.423 e. The van der Waals surface area contributed by atoms with E-state index >= 15 is 0 Å². The van der Waals surface area contributed by atoms with Crippen LogP contribution in [0.4, 0.5) is 6.01 Å². The van der Waals surface area contributed by atoms with Gasteiger partial charge in [-0.25, -0.2) is 0 Å². The number of aromatic nitrogens is 3. The molecule has 0 fully saturated rings. The second-order valence-corrected chi connectivity index (χ2v) is 5.85. The van der Waals surface area contributed by atoms with E-state index in [0.29, 0.717) is 12.6 Å². The first kappa shape index (κ1) is 14.5. The van der Waals surface area contributed by atoms with Gasteiger partial charge in [-0.3, -0.25) is 4.68 Å². The molecule has 0 radical (unpaired) electrons. The molecule has 5 heteroatoms. The third kappa shape index (κ3) is 3.01. The maximum absolute atomic E-state index is 5.79. The first-order chi connectivity index (χ1) is 11.8. The fourth-order valence-electron chi connectivity index (χ4n) is 2.71. The quantitative estimate of drug-likeness (QED) is 0.563. The molecule has 0 spiro atoms. The molecular weight excluding hydrogens is 300 g/mol. The number of hydrogen-bond acceptors (Lipinski definition) is 4. The van der Waals surface area contributed by atoms with Crippen molar-refractivity contribution in [2.75, 3.05) is 11.9 Å². The molecule has 0 bridgehead atoms. The van der Waals surface area contributed by atoms with Gasteiger partial charge in [0.05, 0.1) is 19.3 Å². The van der Waals surface area contributed by atoms with Crippen LogP contribution in [0.25, 0.3) is 11.1 Å². The van der Waals surface area contributed by atoms with Gasteiger partial charge in [-0.05, 0) is 17.7 Å². The van der Waals surface area contributed by atoms with Crippen LogP contribution >= 0.6 is 0 Å². The minimum absolute atomic E-state index is 0.618. The minimum atomic E-state index is 0.618. The van der Waals surface area contributed by atoms with E-state index in [-0.39, 0.29) is 0 Å². The summed E-state index contributed by atoms with van der Waals surface area (Å²) in [4.78, 5) is 6.51. The maximum atomic E-state index is 5.79. The highest BCUT2D eigenvalue weighted by atomic mass is 16.4. The monoisotopic (exact) mass is 318 g/mol. The van der Waals surface area contributed by atoms with Gasteiger partial charge >= 0.3 is 0 Å². The van der Waals surface area contributed by atoms with Crippen molar-refractivity contribution < 1.29 is 4.42 Å². The molecule has 2 heterocycles. The SMILES string of the molecule is CN(Cc1cnn(Cc2ccccc2)c1)c1nc2ccccc2o1. The highest BCUT2D eigenvalue weighted by Crippen LogP contribution is 2.21. The Balaban J connectivity index is 1.47. The van der Waals surface area contributed by atoms with Gasteiger partial charge in [0.25, 0.3) is 6.01 Å². The molecule has 0 amide bonds. The summed E-state index contributed by atoms with van der Waals surface area (Å²) in [5.41, 5.74) is 4.04. The number of benzene rings is 2. The van der Waals surface area contributed by atoms with Crippen LogP contribution in [-0.4, -0.2) is 21.8 Å². The zero-order chi connectivity index (χ0) is 16.4. The molecule has 4 aromatic rings. The van der Waals surface area contributed by atoms with E-state index in [2.05, 4.69) is 28.4 Å². The first-order valence-electron chi connectivity index (χ1n) is 7.90. The second-order valence-electron chi connectivity index (χ2n) is 5.85. The van der Waals surface area contributed by atoms with Gasteiger partial charge in [-0.1, -0.05) is 42.5 Å². The third-order valence-corrected chi connectivity index (χ3v) is 3.90. The maximum Gasteiger partial charge on any atom is 0.298 e. The first-order valence-corrected chi connectivity index (χ1v) is 7.90. The molecule has 0 N–H and O–H groups in total. The Labute approximate surface area is 140 Å². The molecule has 24 heavy (non-hydrogen) atoms. The van der Waals surface area contributed by atoms with Gasteiger partial charge in [0.15, 0.2) is 5.58 Å². The molecule has 0 unspecified atom stereocenters. The molecule has 2 aromatic carbocycles.